The van der Waals surface area contributed by atoms with Crippen molar-refractivity contribution in [3.8, 4) is 0 Å². The van der Waals surface area contributed by atoms with Crippen molar-refractivity contribution in [3.63, 3.8) is 0 Å². The fourth-order valence-corrected chi connectivity index (χ4v) is 1.13. The van der Waals surface area contributed by atoms with E-state index in [4.69, 9.17) is 18.0 Å². The fraction of sp³-hybridized carbons (Fsp3) is 0.100. The van der Waals surface area contributed by atoms with Crippen molar-refractivity contribution in [2.45, 2.75) is 0 Å². The smallest absolute Gasteiger partial charge is 0.269 e. The van der Waals surface area contributed by atoms with E-state index >= 15 is 0 Å². The topological polar surface area (TPSA) is 71.2 Å². The number of nitrogens with zero attached hydrogens (tertiary/aromatic N) is 2. The SMILES string of the molecule is C=CCN(NC(=O)c1ccncc1)C(N)=S. The van der Waals surface area contributed by atoms with E-state index in [1.165, 1.54) is 17.4 Å². The molecule has 3 N–H and O–H groups in total. The van der Waals surface area contributed by atoms with Gasteiger partial charge >= 0.3 is 0 Å². The van der Waals surface area contributed by atoms with Gasteiger partial charge in [-0.25, -0.2) is 0 Å². The van der Waals surface area contributed by atoms with Crippen LogP contribution in [-0.4, -0.2) is 27.6 Å². The predicted molar refractivity (Wildman–Crippen MR) is 65.4 cm³/mol. The molecule has 0 unspecified atom stereocenters. The van der Waals surface area contributed by atoms with Crippen molar-refractivity contribution in [2.24, 2.45) is 5.73 Å². The molecule has 84 valence electrons. The standard InChI is InChI=1S/C10H12N4OS/c1-2-7-14(10(11)16)13-9(15)8-3-5-12-6-4-8/h2-6H,1,7H2,(H2,11,16)(H,13,15). The normalized spacial score (nSPS) is 9.25. The van der Waals surface area contributed by atoms with Gasteiger partial charge in [0, 0.05) is 18.0 Å². The zero-order valence-corrected chi connectivity index (χ0v) is 9.41. The Labute approximate surface area is 98.9 Å². The van der Waals surface area contributed by atoms with E-state index in [0.29, 0.717) is 12.1 Å². The molecule has 0 fully saturated rings. The number of hydrazine groups is 1. The number of pyridine rings is 1. The number of amides is 1. The van der Waals surface area contributed by atoms with E-state index in [1.54, 1.807) is 18.2 Å². The molecule has 1 rings (SSSR count). The lowest BCUT2D eigenvalue weighted by Crippen LogP contribution is -2.48. The Morgan fingerprint density at radius 1 is 1.62 bits per heavy atom. The first kappa shape index (κ1) is 12.1. The third kappa shape index (κ3) is 3.32. The minimum absolute atomic E-state index is 0.0855. The minimum atomic E-state index is -0.294. The monoisotopic (exact) mass is 236 g/mol. The largest absolute Gasteiger partial charge is 0.375 e. The quantitative estimate of drug-likeness (QED) is 0.453. The van der Waals surface area contributed by atoms with E-state index in [9.17, 15) is 4.79 Å². The van der Waals surface area contributed by atoms with E-state index in [0.717, 1.165) is 0 Å². The number of aromatic nitrogens is 1. The van der Waals surface area contributed by atoms with Gasteiger partial charge in [0.1, 0.15) is 0 Å². The molecule has 0 aliphatic rings. The van der Waals surface area contributed by atoms with Crippen molar-refractivity contribution in [2.75, 3.05) is 6.54 Å². The Kier molecular flexibility index (Phi) is 4.41. The van der Waals surface area contributed by atoms with Crippen molar-refractivity contribution >= 4 is 23.2 Å². The summed E-state index contributed by atoms with van der Waals surface area (Å²) in [5.41, 5.74) is 8.48. The number of carbonyl (C=O) groups is 1. The van der Waals surface area contributed by atoms with Crippen LogP contribution in [0, 0.1) is 0 Å². The first-order valence-electron chi connectivity index (χ1n) is 4.54. The van der Waals surface area contributed by atoms with Gasteiger partial charge in [0.2, 0.25) is 0 Å². The molecular formula is C10H12N4OS. The second kappa shape index (κ2) is 5.82. The number of hydrogen-bond donors (Lipinski definition) is 2. The average Bonchev–Trinajstić information content (AvgIpc) is 2.29. The molecule has 1 amide bonds. The summed E-state index contributed by atoms with van der Waals surface area (Å²) in [7, 11) is 0. The summed E-state index contributed by atoms with van der Waals surface area (Å²) >= 11 is 4.78. The zero-order valence-electron chi connectivity index (χ0n) is 8.59. The van der Waals surface area contributed by atoms with Crippen molar-refractivity contribution in [1.29, 1.82) is 0 Å². The van der Waals surface area contributed by atoms with Gasteiger partial charge in [0.05, 0.1) is 6.54 Å². The van der Waals surface area contributed by atoms with Gasteiger partial charge < -0.3 is 5.73 Å². The molecule has 1 heterocycles. The lowest BCUT2D eigenvalue weighted by atomic mass is 10.2. The summed E-state index contributed by atoms with van der Waals surface area (Å²) < 4.78 is 0. The average molecular weight is 236 g/mol. The first-order chi connectivity index (χ1) is 7.65. The first-order valence-corrected chi connectivity index (χ1v) is 4.95. The minimum Gasteiger partial charge on any atom is -0.375 e. The highest BCUT2D eigenvalue weighted by Gasteiger charge is 2.10. The van der Waals surface area contributed by atoms with Crippen molar-refractivity contribution in [1.82, 2.24) is 15.4 Å². The molecule has 0 saturated carbocycles. The highest BCUT2D eigenvalue weighted by Crippen LogP contribution is 1.96. The fourth-order valence-electron chi connectivity index (χ4n) is 1.01. The van der Waals surface area contributed by atoms with Gasteiger partial charge in [-0.3, -0.25) is 20.2 Å². The molecule has 1 aromatic rings. The number of nitrogens with one attached hydrogen (secondary N) is 1. The van der Waals surface area contributed by atoms with Crippen LogP contribution < -0.4 is 11.2 Å². The summed E-state index contributed by atoms with van der Waals surface area (Å²) in [5.74, 6) is -0.294. The van der Waals surface area contributed by atoms with Crippen LogP contribution in [0.25, 0.3) is 0 Å². The molecule has 0 saturated heterocycles. The molecule has 0 aromatic carbocycles. The Bertz CT molecular complexity index is 393. The number of hydrogen-bond acceptors (Lipinski definition) is 3. The van der Waals surface area contributed by atoms with E-state index in [2.05, 4.69) is 17.0 Å². The lowest BCUT2D eigenvalue weighted by Gasteiger charge is -2.21. The molecule has 0 aliphatic carbocycles. The Morgan fingerprint density at radius 3 is 2.75 bits per heavy atom. The van der Waals surface area contributed by atoms with Crippen LogP contribution in [0.1, 0.15) is 10.4 Å². The van der Waals surface area contributed by atoms with Gasteiger partial charge in [-0.1, -0.05) is 6.08 Å². The molecule has 5 nitrogen and oxygen atoms in total. The van der Waals surface area contributed by atoms with E-state index < -0.39 is 0 Å². The molecule has 0 spiro atoms. The molecular weight excluding hydrogens is 224 g/mol. The highest BCUT2D eigenvalue weighted by molar-refractivity contribution is 7.80. The summed E-state index contributed by atoms with van der Waals surface area (Å²) in [6.07, 6.45) is 4.66. The molecule has 0 radical (unpaired) electrons. The molecule has 0 bridgehead atoms. The maximum Gasteiger partial charge on any atom is 0.269 e. The molecule has 0 atom stereocenters. The number of nitrogens with two attached hydrogens (primary N) is 1. The number of thiocarbonyl (C=S) groups is 1. The van der Waals surface area contributed by atoms with Gasteiger partial charge in [-0.05, 0) is 24.4 Å². The van der Waals surface area contributed by atoms with Gasteiger partial charge in [-0.2, -0.15) is 0 Å². The third-order valence-electron chi connectivity index (χ3n) is 1.76. The predicted octanol–water partition coefficient (Wildman–Crippen LogP) is 0.458. The van der Waals surface area contributed by atoms with Crippen LogP contribution in [0.3, 0.4) is 0 Å². The highest BCUT2D eigenvalue weighted by atomic mass is 32.1. The van der Waals surface area contributed by atoms with Crippen LogP contribution in [-0.2, 0) is 0 Å². The van der Waals surface area contributed by atoms with Crippen molar-refractivity contribution in [3.05, 3.63) is 42.7 Å². The summed E-state index contributed by atoms with van der Waals surface area (Å²) in [4.78, 5) is 15.5. The molecule has 0 aliphatic heterocycles. The molecule has 6 heteroatoms. The Morgan fingerprint density at radius 2 is 2.25 bits per heavy atom. The second-order valence-corrected chi connectivity index (χ2v) is 3.33. The van der Waals surface area contributed by atoms with Crippen LogP contribution >= 0.6 is 12.2 Å². The number of carbonyl (C=O) groups excluding carboxylic acids is 1. The zero-order chi connectivity index (χ0) is 12.0. The van der Waals surface area contributed by atoms with Crippen LogP contribution in [0.4, 0.5) is 0 Å². The Balaban J connectivity index is 2.69. The Hall–Kier alpha value is -1.95. The van der Waals surface area contributed by atoms with Gasteiger partial charge in [0.15, 0.2) is 5.11 Å². The maximum absolute atomic E-state index is 11.7. The number of rotatable bonds is 3. The van der Waals surface area contributed by atoms with E-state index in [1.807, 2.05) is 0 Å². The summed E-state index contributed by atoms with van der Waals surface area (Å²) in [6, 6.07) is 3.20. The molecule has 16 heavy (non-hydrogen) atoms. The van der Waals surface area contributed by atoms with Crippen LogP contribution in [0.2, 0.25) is 0 Å². The van der Waals surface area contributed by atoms with Crippen LogP contribution in [0.15, 0.2) is 37.2 Å². The summed E-state index contributed by atoms with van der Waals surface area (Å²) in [5, 5.41) is 1.42. The second-order valence-electron chi connectivity index (χ2n) is 2.91. The van der Waals surface area contributed by atoms with Gasteiger partial charge in [0.25, 0.3) is 5.91 Å². The maximum atomic E-state index is 11.7. The van der Waals surface area contributed by atoms with Crippen molar-refractivity contribution < 1.29 is 4.79 Å². The molecule has 1 aromatic heterocycles. The van der Waals surface area contributed by atoms with E-state index in [-0.39, 0.29) is 11.0 Å². The third-order valence-corrected chi connectivity index (χ3v) is 1.98. The van der Waals surface area contributed by atoms with Crippen LogP contribution in [0.5, 0.6) is 0 Å². The summed E-state index contributed by atoms with van der Waals surface area (Å²) in [6.45, 7) is 3.90. The lowest BCUT2D eigenvalue weighted by molar-refractivity contribution is 0.0879. The van der Waals surface area contributed by atoms with Gasteiger partial charge in [-0.15, -0.1) is 6.58 Å².